The molecular weight excluding hydrogens is 318 g/mol. The molecule has 3 aromatic rings. The van der Waals surface area contributed by atoms with Crippen LogP contribution in [0.4, 0.5) is 0 Å². The molecule has 4 nitrogen and oxygen atoms in total. The summed E-state index contributed by atoms with van der Waals surface area (Å²) in [4.78, 5) is 16.4. The minimum absolute atomic E-state index is 0.0471. The van der Waals surface area contributed by atoms with Gasteiger partial charge in [-0.1, -0.05) is 34.1 Å². The van der Waals surface area contributed by atoms with Crippen LogP contribution in [0.3, 0.4) is 0 Å². The minimum atomic E-state index is 0.0471. The second-order valence-corrected chi connectivity index (χ2v) is 5.52. The lowest BCUT2D eigenvalue weighted by Gasteiger charge is -2.04. The number of aryl methyl sites for hydroxylation is 1. The van der Waals surface area contributed by atoms with Gasteiger partial charge in [-0.15, -0.1) is 0 Å². The molecule has 0 N–H and O–H groups in total. The predicted molar refractivity (Wildman–Crippen MR) is 80.7 cm³/mol. The van der Waals surface area contributed by atoms with Gasteiger partial charge >= 0.3 is 0 Å². The molecule has 0 aliphatic carbocycles. The SMILES string of the molecule is Cn1ncnc1CC(=O)c1ccc2cc(Br)ccc2c1. The molecule has 0 unspecified atom stereocenters. The van der Waals surface area contributed by atoms with Gasteiger partial charge in [0.15, 0.2) is 5.78 Å². The Hall–Kier alpha value is -2.01. The number of carbonyl (C=O) groups is 1. The van der Waals surface area contributed by atoms with E-state index in [-0.39, 0.29) is 12.2 Å². The fraction of sp³-hybridized carbons (Fsp3) is 0.133. The van der Waals surface area contributed by atoms with E-state index < -0.39 is 0 Å². The lowest BCUT2D eigenvalue weighted by atomic mass is 10.0. The maximum absolute atomic E-state index is 12.3. The number of nitrogens with zero attached hydrogens (tertiary/aromatic N) is 3. The summed E-state index contributed by atoms with van der Waals surface area (Å²) in [5.74, 6) is 0.719. The van der Waals surface area contributed by atoms with Crippen LogP contribution in [0, 0.1) is 0 Å². The van der Waals surface area contributed by atoms with E-state index in [0.717, 1.165) is 15.2 Å². The smallest absolute Gasteiger partial charge is 0.170 e. The first-order valence-electron chi connectivity index (χ1n) is 6.19. The highest BCUT2D eigenvalue weighted by atomic mass is 79.9. The van der Waals surface area contributed by atoms with Crippen molar-refractivity contribution in [2.45, 2.75) is 6.42 Å². The Morgan fingerprint density at radius 1 is 1.20 bits per heavy atom. The zero-order chi connectivity index (χ0) is 14.1. The number of rotatable bonds is 3. The maximum Gasteiger partial charge on any atom is 0.170 e. The second-order valence-electron chi connectivity index (χ2n) is 4.61. The molecule has 0 radical (unpaired) electrons. The molecule has 0 spiro atoms. The van der Waals surface area contributed by atoms with Gasteiger partial charge in [0.05, 0.1) is 6.42 Å². The van der Waals surface area contributed by atoms with Crippen LogP contribution in [-0.4, -0.2) is 20.5 Å². The van der Waals surface area contributed by atoms with E-state index in [4.69, 9.17) is 0 Å². The van der Waals surface area contributed by atoms with Crippen LogP contribution in [0.1, 0.15) is 16.2 Å². The lowest BCUT2D eigenvalue weighted by Crippen LogP contribution is -2.09. The van der Waals surface area contributed by atoms with Crippen LogP contribution in [0.15, 0.2) is 47.2 Å². The number of fused-ring (bicyclic) bond motifs is 1. The summed E-state index contributed by atoms with van der Waals surface area (Å²) in [6.45, 7) is 0. The van der Waals surface area contributed by atoms with Gasteiger partial charge in [-0.25, -0.2) is 4.98 Å². The Kier molecular flexibility index (Phi) is 3.36. The van der Waals surface area contributed by atoms with Crippen molar-refractivity contribution < 1.29 is 4.79 Å². The van der Waals surface area contributed by atoms with Gasteiger partial charge in [-0.2, -0.15) is 5.10 Å². The molecule has 100 valence electrons. The van der Waals surface area contributed by atoms with Gasteiger partial charge in [-0.3, -0.25) is 9.48 Å². The Morgan fingerprint density at radius 3 is 2.70 bits per heavy atom. The van der Waals surface area contributed by atoms with Crippen molar-refractivity contribution in [2.24, 2.45) is 7.05 Å². The molecule has 0 fully saturated rings. The molecule has 5 heteroatoms. The van der Waals surface area contributed by atoms with Gasteiger partial charge in [0, 0.05) is 17.1 Å². The number of Topliss-reactive ketones (excluding diaryl/α,β-unsaturated/α-hetero) is 1. The first-order valence-corrected chi connectivity index (χ1v) is 6.98. The fourth-order valence-electron chi connectivity index (χ4n) is 2.12. The molecule has 0 saturated carbocycles. The highest BCUT2D eigenvalue weighted by Gasteiger charge is 2.11. The highest BCUT2D eigenvalue weighted by molar-refractivity contribution is 9.10. The molecule has 0 atom stereocenters. The minimum Gasteiger partial charge on any atom is -0.294 e. The molecule has 0 aliphatic rings. The third-order valence-electron chi connectivity index (χ3n) is 3.25. The number of aromatic nitrogens is 3. The number of carbonyl (C=O) groups excluding carboxylic acids is 1. The number of hydrogen-bond acceptors (Lipinski definition) is 3. The van der Waals surface area contributed by atoms with E-state index in [0.29, 0.717) is 11.4 Å². The summed E-state index contributed by atoms with van der Waals surface area (Å²) in [6, 6.07) is 11.7. The fourth-order valence-corrected chi connectivity index (χ4v) is 2.49. The molecule has 0 bridgehead atoms. The van der Waals surface area contributed by atoms with E-state index >= 15 is 0 Å². The average molecular weight is 330 g/mol. The number of ketones is 1. The summed E-state index contributed by atoms with van der Waals surface area (Å²) in [7, 11) is 1.79. The van der Waals surface area contributed by atoms with Crippen molar-refractivity contribution in [1.82, 2.24) is 14.8 Å². The average Bonchev–Trinajstić information content (AvgIpc) is 2.83. The summed E-state index contributed by atoms with van der Waals surface area (Å²) >= 11 is 3.44. The monoisotopic (exact) mass is 329 g/mol. The van der Waals surface area contributed by atoms with Crippen LogP contribution in [0.25, 0.3) is 10.8 Å². The van der Waals surface area contributed by atoms with Gasteiger partial charge < -0.3 is 0 Å². The zero-order valence-corrected chi connectivity index (χ0v) is 12.5. The predicted octanol–water partition coefficient (Wildman–Crippen LogP) is 3.16. The Bertz CT molecular complexity index is 795. The van der Waals surface area contributed by atoms with Crippen molar-refractivity contribution in [2.75, 3.05) is 0 Å². The molecular formula is C15H12BrN3O. The molecule has 1 aromatic heterocycles. The second kappa shape index (κ2) is 5.17. The maximum atomic E-state index is 12.3. The molecule has 20 heavy (non-hydrogen) atoms. The van der Waals surface area contributed by atoms with Crippen LogP contribution in [-0.2, 0) is 13.5 Å². The van der Waals surface area contributed by atoms with Crippen LogP contribution in [0.2, 0.25) is 0 Å². The first-order chi connectivity index (χ1) is 9.63. The summed E-state index contributed by atoms with van der Waals surface area (Å²) in [6.07, 6.45) is 1.72. The Labute approximate surface area is 124 Å². The topological polar surface area (TPSA) is 47.8 Å². The molecule has 2 aromatic carbocycles. The van der Waals surface area contributed by atoms with Gasteiger partial charge in [-0.05, 0) is 29.0 Å². The van der Waals surface area contributed by atoms with Crippen LogP contribution < -0.4 is 0 Å². The third kappa shape index (κ3) is 2.49. The summed E-state index contributed by atoms with van der Waals surface area (Å²) < 4.78 is 2.65. The standard InChI is InChI=1S/C15H12BrN3O/c1-19-15(17-9-18-19)8-14(20)12-3-2-11-7-13(16)5-4-10(11)6-12/h2-7,9H,8H2,1H3. The largest absolute Gasteiger partial charge is 0.294 e. The molecule has 0 amide bonds. The van der Waals surface area contributed by atoms with Crippen LogP contribution >= 0.6 is 15.9 Å². The summed E-state index contributed by atoms with van der Waals surface area (Å²) in [5.41, 5.74) is 0.697. The number of benzene rings is 2. The van der Waals surface area contributed by atoms with Gasteiger partial charge in [0.1, 0.15) is 12.2 Å². The van der Waals surface area contributed by atoms with Crippen molar-refractivity contribution in [3.8, 4) is 0 Å². The normalized spacial score (nSPS) is 10.9. The van der Waals surface area contributed by atoms with Crippen molar-refractivity contribution >= 4 is 32.5 Å². The first kappa shape index (κ1) is 13.0. The van der Waals surface area contributed by atoms with Crippen molar-refractivity contribution in [3.05, 3.63) is 58.6 Å². The van der Waals surface area contributed by atoms with E-state index in [1.54, 1.807) is 11.7 Å². The molecule has 1 heterocycles. The van der Waals surface area contributed by atoms with Crippen molar-refractivity contribution in [1.29, 1.82) is 0 Å². The Morgan fingerprint density at radius 2 is 1.95 bits per heavy atom. The number of halogens is 1. The van der Waals surface area contributed by atoms with Crippen LogP contribution in [0.5, 0.6) is 0 Å². The summed E-state index contributed by atoms with van der Waals surface area (Å²) in [5, 5.41) is 6.13. The number of hydrogen-bond donors (Lipinski definition) is 0. The van der Waals surface area contributed by atoms with Gasteiger partial charge in [0.25, 0.3) is 0 Å². The Balaban J connectivity index is 1.92. The highest BCUT2D eigenvalue weighted by Crippen LogP contribution is 2.21. The lowest BCUT2D eigenvalue weighted by molar-refractivity contribution is 0.0990. The third-order valence-corrected chi connectivity index (χ3v) is 3.74. The zero-order valence-electron chi connectivity index (χ0n) is 10.9. The van der Waals surface area contributed by atoms with E-state index in [1.165, 1.54) is 6.33 Å². The van der Waals surface area contributed by atoms with E-state index in [9.17, 15) is 4.79 Å². The quantitative estimate of drug-likeness (QED) is 0.693. The van der Waals surface area contributed by atoms with Crippen molar-refractivity contribution in [3.63, 3.8) is 0 Å². The van der Waals surface area contributed by atoms with Gasteiger partial charge in [0.2, 0.25) is 0 Å². The molecule has 0 aliphatic heterocycles. The van der Waals surface area contributed by atoms with E-state index in [1.807, 2.05) is 36.4 Å². The molecule has 3 rings (SSSR count). The molecule has 0 saturated heterocycles. The van der Waals surface area contributed by atoms with E-state index in [2.05, 4.69) is 26.0 Å².